The summed E-state index contributed by atoms with van der Waals surface area (Å²) in [6.07, 6.45) is 0.0969. The standard InChI is InChI=1S/C30H35N3O5/c1-30(2,3)21-33(25-15-8-9-16-26(25)38-20-22-11-6-5-7-12-22)27(34)19-31-29(36)32-24-14-10-13-23(17-24)18-28(35)37-4/h5-17H,18-21H2,1-4H3,(H2,31,32,36). The molecule has 200 valence electrons. The molecule has 0 bridgehead atoms. The number of hydrogen-bond donors (Lipinski definition) is 2. The maximum absolute atomic E-state index is 13.4. The summed E-state index contributed by atoms with van der Waals surface area (Å²) in [6, 6.07) is 23.6. The van der Waals surface area contributed by atoms with Crippen molar-refractivity contribution in [2.24, 2.45) is 5.41 Å². The van der Waals surface area contributed by atoms with Gasteiger partial charge in [-0.15, -0.1) is 0 Å². The van der Waals surface area contributed by atoms with E-state index in [0.717, 1.165) is 5.56 Å². The highest BCUT2D eigenvalue weighted by Gasteiger charge is 2.25. The third-order valence-electron chi connectivity index (χ3n) is 5.49. The van der Waals surface area contributed by atoms with Crippen molar-refractivity contribution in [1.82, 2.24) is 5.32 Å². The first-order valence-electron chi connectivity index (χ1n) is 12.4. The van der Waals surface area contributed by atoms with Crippen LogP contribution >= 0.6 is 0 Å². The quantitative estimate of drug-likeness (QED) is 0.361. The van der Waals surface area contributed by atoms with Gasteiger partial charge in [-0.3, -0.25) is 9.59 Å². The molecule has 0 fully saturated rings. The fourth-order valence-corrected chi connectivity index (χ4v) is 3.74. The van der Waals surface area contributed by atoms with E-state index in [4.69, 9.17) is 4.74 Å². The third-order valence-corrected chi connectivity index (χ3v) is 5.49. The number of anilines is 2. The molecule has 2 N–H and O–H groups in total. The summed E-state index contributed by atoms with van der Waals surface area (Å²) < 4.78 is 10.8. The molecule has 3 aromatic carbocycles. The number of nitrogens with one attached hydrogen (secondary N) is 2. The zero-order valence-corrected chi connectivity index (χ0v) is 22.3. The number of esters is 1. The Kier molecular flexibility index (Phi) is 9.87. The van der Waals surface area contributed by atoms with Crippen LogP contribution in [0.1, 0.15) is 31.9 Å². The number of carbonyl (C=O) groups is 3. The molecule has 0 saturated heterocycles. The van der Waals surface area contributed by atoms with Gasteiger partial charge in [-0.25, -0.2) is 4.79 Å². The molecule has 3 aromatic rings. The van der Waals surface area contributed by atoms with Crippen LogP contribution in [-0.4, -0.2) is 38.1 Å². The van der Waals surface area contributed by atoms with Crippen molar-refractivity contribution in [2.45, 2.75) is 33.8 Å². The topological polar surface area (TPSA) is 97.0 Å². The molecule has 8 heteroatoms. The number of carbonyl (C=O) groups excluding carboxylic acids is 3. The molecule has 0 spiro atoms. The van der Waals surface area contributed by atoms with Gasteiger partial charge in [0.15, 0.2) is 0 Å². The lowest BCUT2D eigenvalue weighted by atomic mass is 9.95. The summed E-state index contributed by atoms with van der Waals surface area (Å²) in [7, 11) is 1.33. The van der Waals surface area contributed by atoms with Gasteiger partial charge in [-0.2, -0.15) is 0 Å². The lowest BCUT2D eigenvalue weighted by Gasteiger charge is -2.31. The molecule has 8 nitrogen and oxygen atoms in total. The molecular weight excluding hydrogens is 482 g/mol. The van der Waals surface area contributed by atoms with Gasteiger partial charge >= 0.3 is 12.0 Å². The van der Waals surface area contributed by atoms with E-state index in [2.05, 4.69) is 15.4 Å². The minimum atomic E-state index is -0.530. The largest absolute Gasteiger partial charge is 0.487 e. The van der Waals surface area contributed by atoms with E-state index in [-0.39, 0.29) is 30.3 Å². The molecule has 0 heterocycles. The SMILES string of the molecule is COC(=O)Cc1cccc(NC(=O)NCC(=O)N(CC(C)(C)C)c2ccccc2OCc2ccccc2)c1. The highest BCUT2D eigenvalue weighted by Crippen LogP contribution is 2.31. The van der Waals surface area contributed by atoms with Crippen LogP contribution in [0.5, 0.6) is 5.75 Å². The first kappa shape index (κ1) is 28.2. The van der Waals surface area contributed by atoms with E-state index < -0.39 is 6.03 Å². The molecule has 0 aromatic heterocycles. The van der Waals surface area contributed by atoms with Crippen molar-refractivity contribution < 1.29 is 23.9 Å². The molecule has 3 amide bonds. The van der Waals surface area contributed by atoms with Crippen LogP contribution in [0.3, 0.4) is 0 Å². The number of amides is 3. The van der Waals surface area contributed by atoms with Gasteiger partial charge in [-0.05, 0) is 40.8 Å². The number of methoxy groups -OCH3 is 1. The maximum atomic E-state index is 13.4. The Bertz CT molecular complexity index is 1240. The summed E-state index contributed by atoms with van der Waals surface area (Å²) in [6.45, 7) is 6.71. The first-order chi connectivity index (χ1) is 18.1. The molecule has 38 heavy (non-hydrogen) atoms. The molecule has 0 aliphatic rings. The Hall–Kier alpha value is -4.33. The number of hydrogen-bond acceptors (Lipinski definition) is 5. The van der Waals surface area contributed by atoms with E-state index in [1.807, 2.05) is 75.4 Å². The van der Waals surface area contributed by atoms with Crippen molar-refractivity contribution in [3.63, 3.8) is 0 Å². The van der Waals surface area contributed by atoms with E-state index in [1.54, 1.807) is 29.2 Å². The number of benzene rings is 3. The Labute approximate surface area is 223 Å². The van der Waals surface area contributed by atoms with E-state index in [9.17, 15) is 14.4 Å². The van der Waals surface area contributed by atoms with E-state index >= 15 is 0 Å². The fraction of sp³-hybridized carbons (Fsp3) is 0.300. The van der Waals surface area contributed by atoms with Crippen LogP contribution < -0.4 is 20.3 Å². The molecule has 0 radical (unpaired) electrons. The summed E-state index contributed by atoms with van der Waals surface area (Å²) in [5.41, 5.74) is 2.66. The average molecular weight is 518 g/mol. The van der Waals surface area contributed by atoms with Crippen molar-refractivity contribution in [2.75, 3.05) is 30.4 Å². The van der Waals surface area contributed by atoms with Gasteiger partial charge in [0.25, 0.3) is 0 Å². The lowest BCUT2D eigenvalue weighted by Crippen LogP contribution is -2.45. The highest BCUT2D eigenvalue weighted by atomic mass is 16.5. The number of ether oxygens (including phenoxy) is 2. The van der Waals surface area contributed by atoms with Gasteiger partial charge in [-0.1, -0.05) is 75.4 Å². The van der Waals surface area contributed by atoms with Crippen LogP contribution in [0, 0.1) is 5.41 Å². The molecular formula is C30H35N3O5. The second-order valence-corrected chi connectivity index (χ2v) is 10.0. The predicted octanol–water partition coefficient (Wildman–Crippen LogP) is 5.18. The van der Waals surface area contributed by atoms with Crippen LogP contribution in [0.15, 0.2) is 78.9 Å². The maximum Gasteiger partial charge on any atom is 0.319 e. The minimum absolute atomic E-state index is 0.0969. The van der Waals surface area contributed by atoms with Crippen LogP contribution in [-0.2, 0) is 27.4 Å². The monoisotopic (exact) mass is 517 g/mol. The second-order valence-electron chi connectivity index (χ2n) is 10.0. The normalized spacial score (nSPS) is 10.8. The van der Waals surface area contributed by atoms with Gasteiger partial charge in [0, 0.05) is 12.2 Å². The third kappa shape index (κ3) is 8.96. The molecule has 0 atom stereocenters. The van der Waals surface area contributed by atoms with Crippen molar-refractivity contribution >= 4 is 29.3 Å². The summed E-state index contributed by atoms with van der Waals surface area (Å²) in [4.78, 5) is 39.1. The zero-order valence-electron chi connectivity index (χ0n) is 22.3. The van der Waals surface area contributed by atoms with E-state index in [1.165, 1.54) is 7.11 Å². The molecule has 0 aliphatic heterocycles. The Morgan fingerprint density at radius 2 is 1.55 bits per heavy atom. The number of nitrogens with zero attached hydrogens (tertiary/aromatic N) is 1. The van der Waals surface area contributed by atoms with Gasteiger partial charge in [0.05, 0.1) is 25.8 Å². The summed E-state index contributed by atoms with van der Waals surface area (Å²) in [5.74, 6) is -0.0599. The van der Waals surface area contributed by atoms with Crippen molar-refractivity contribution in [1.29, 1.82) is 0 Å². The Balaban J connectivity index is 1.68. The second kappa shape index (κ2) is 13.3. The average Bonchev–Trinajstić information content (AvgIpc) is 2.89. The van der Waals surface area contributed by atoms with Crippen LogP contribution in [0.2, 0.25) is 0 Å². The van der Waals surface area contributed by atoms with E-state index in [0.29, 0.717) is 35.8 Å². The zero-order chi connectivity index (χ0) is 27.5. The summed E-state index contributed by atoms with van der Waals surface area (Å²) in [5, 5.41) is 5.35. The number of rotatable bonds is 10. The minimum Gasteiger partial charge on any atom is -0.487 e. The summed E-state index contributed by atoms with van der Waals surface area (Å²) >= 11 is 0. The van der Waals surface area contributed by atoms with Gasteiger partial charge < -0.3 is 25.0 Å². The van der Waals surface area contributed by atoms with Crippen LogP contribution in [0.4, 0.5) is 16.2 Å². The Morgan fingerprint density at radius 3 is 2.26 bits per heavy atom. The predicted molar refractivity (Wildman–Crippen MR) is 148 cm³/mol. The smallest absolute Gasteiger partial charge is 0.319 e. The first-order valence-corrected chi connectivity index (χ1v) is 12.4. The highest BCUT2D eigenvalue weighted by molar-refractivity contribution is 5.99. The molecule has 3 rings (SSSR count). The molecule has 0 unspecified atom stereocenters. The fourth-order valence-electron chi connectivity index (χ4n) is 3.74. The van der Waals surface area contributed by atoms with Crippen molar-refractivity contribution in [3.05, 3.63) is 90.0 Å². The van der Waals surface area contributed by atoms with Gasteiger partial charge in [0.1, 0.15) is 12.4 Å². The molecule has 0 aliphatic carbocycles. The Morgan fingerprint density at radius 1 is 0.868 bits per heavy atom. The van der Waals surface area contributed by atoms with Crippen molar-refractivity contribution in [3.8, 4) is 5.75 Å². The lowest BCUT2D eigenvalue weighted by molar-refractivity contribution is -0.139. The van der Waals surface area contributed by atoms with Crippen LogP contribution in [0.25, 0.3) is 0 Å². The van der Waals surface area contributed by atoms with Gasteiger partial charge in [0.2, 0.25) is 5.91 Å². The number of urea groups is 1. The number of para-hydroxylation sites is 2. The molecule has 0 saturated carbocycles.